The SMILES string of the molecule is O=C(O)CCCCCCC1C(=O)CCC1/C=C/c1ccc2[nH]ccc2c1. The highest BCUT2D eigenvalue weighted by Crippen LogP contribution is 2.34. The van der Waals surface area contributed by atoms with Crippen molar-refractivity contribution in [1.29, 1.82) is 0 Å². The fourth-order valence-electron chi connectivity index (χ4n) is 3.94. The summed E-state index contributed by atoms with van der Waals surface area (Å²) < 4.78 is 0. The molecule has 26 heavy (non-hydrogen) atoms. The Morgan fingerprint density at radius 2 is 2.04 bits per heavy atom. The molecule has 1 fully saturated rings. The number of unbranched alkanes of at least 4 members (excludes halogenated alkanes) is 3. The van der Waals surface area contributed by atoms with E-state index < -0.39 is 5.97 Å². The lowest BCUT2D eigenvalue weighted by atomic mass is 9.89. The fraction of sp³-hybridized carbons (Fsp3) is 0.455. The highest BCUT2D eigenvalue weighted by atomic mass is 16.4. The van der Waals surface area contributed by atoms with Gasteiger partial charge in [0.05, 0.1) is 0 Å². The summed E-state index contributed by atoms with van der Waals surface area (Å²) in [6, 6.07) is 8.42. The number of aliphatic carboxylic acids is 1. The van der Waals surface area contributed by atoms with Gasteiger partial charge < -0.3 is 10.1 Å². The maximum atomic E-state index is 12.2. The number of nitrogens with one attached hydrogen (secondary N) is 1. The Kier molecular flexibility index (Phi) is 6.26. The summed E-state index contributed by atoms with van der Waals surface area (Å²) in [5.41, 5.74) is 2.31. The zero-order valence-electron chi connectivity index (χ0n) is 15.1. The van der Waals surface area contributed by atoms with Crippen LogP contribution in [0.2, 0.25) is 0 Å². The van der Waals surface area contributed by atoms with Crippen molar-refractivity contribution in [2.24, 2.45) is 11.8 Å². The van der Waals surface area contributed by atoms with E-state index in [1.165, 1.54) is 10.9 Å². The molecule has 1 heterocycles. The van der Waals surface area contributed by atoms with Gasteiger partial charge >= 0.3 is 5.97 Å². The first-order valence-electron chi connectivity index (χ1n) is 9.63. The molecule has 1 aliphatic carbocycles. The number of aromatic amines is 1. The molecule has 1 aromatic carbocycles. The molecule has 3 rings (SSSR count). The molecule has 0 spiro atoms. The number of allylic oxidation sites excluding steroid dienone is 1. The van der Waals surface area contributed by atoms with Crippen LogP contribution >= 0.6 is 0 Å². The Hall–Kier alpha value is -2.36. The molecule has 0 bridgehead atoms. The lowest BCUT2D eigenvalue weighted by Crippen LogP contribution is -2.13. The monoisotopic (exact) mass is 353 g/mol. The van der Waals surface area contributed by atoms with E-state index in [-0.39, 0.29) is 12.3 Å². The second-order valence-corrected chi connectivity index (χ2v) is 7.31. The van der Waals surface area contributed by atoms with Crippen molar-refractivity contribution in [2.75, 3.05) is 0 Å². The van der Waals surface area contributed by atoms with E-state index in [4.69, 9.17) is 5.11 Å². The van der Waals surface area contributed by atoms with E-state index in [9.17, 15) is 9.59 Å². The van der Waals surface area contributed by atoms with Gasteiger partial charge in [-0.1, -0.05) is 37.5 Å². The Balaban J connectivity index is 1.51. The van der Waals surface area contributed by atoms with Crippen molar-refractivity contribution < 1.29 is 14.7 Å². The average Bonchev–Trinajstić information content (AvgIpc) is 3.22. The summed E-state index contributed by atoms with van der Waals surface area (Å²) in [6.07, 6.45) is 12.8. The van der Waals surface area contributed by atoms with Gasteiger partial charge in [-0.05, 0) is 54.3 Å². The van der Waals surface area contributed by atoms with Crippen LogP contribution in [-0.4, -0.2) is 21.8 Å². The third kappa shape index (κ3) is 4.84. The highest BCUT2D eigenvalue weighted by molar-refractivity contribution is 5.84. The highest BCUT2D eigenvalue weighted by Gasteiger charge is 2.32. The molecule has 2 aromatic rings. The van der Waals surface area contributed by atoms with Gasteiger partial charge in [0.2, 0.25) is 0 Å². The van der Waals surface area contributed by atoms with Crippen molar-refractivity contribution in [1.82, 2.24) is 4.98 Å². The van der Waals surface area contributed by atoms with Crippen LogP contribution in [0.1, 0.15) is 56.9 Å². The molecule has 2 unspecified atom stereocenters. The molecule has 1 saturated carbocycles. The van der Waals surface area contributed by atoms with Crippen LogP contribution in [0.25, 0.3) is 17.0 Å². The fourth-order valence-corrected chi connectivity index (χ4v) is 3.94. The summed E-state index contributed by atoms with van der Waals surface area (Å²) in [6.45, 7) is 0. The number of rotatable bonds is 9. The minimum Gasteiger partial charge on any atom is -0.481 e. The number of carbonyl (C=O) groups excluding carboxylic acids is 1. The predicted octanol–water partition coefficient (Wildman–Crippen LogP) is 5.20. The third-order valence-electron chi connectivity index (χ3n) is 5.42. The van der Waals surface area contributed by atoms with E-state index in [0.717, 1.165) is 44.0 Å². The summed E-state index contributed by atoms with van der Waals surface area (Å²) in [5.74, 6) is 0.149. The van der Waals surface area contributed by atoms with Gasteiger partial charge in [0.25, 0.3) is 0 Å². The van der Waals surface area contributed by atoms with Gasteiger partial charge in [-0.3, -0.25) is 9.59 Å². The molecule has 0 radical (unpaired) electrons. The molecular weight excluding hydrogens is 326 g/mol. The van der Waals surface area contributed by atoms with Crippen molar-refractivity contribution >= 4 is 28.7 Å². The standard InChI is InChI=1S/C22H27NO3/c24-21-12-10-17(19(21)5-3-1-2-4-6-22(25)26)9-7-16-8-11-20-18(15-16)13-14-23-20/h7-9,11,13-15,17,19,23H,1-6,10,12H2,(H,25,26)/b9-7+. The maximum absolute atomic E-state index is 12.2. The summed E-state index contributed by atoms with van der Waals surface area (Å²) in [7, 11) is 0. The number of carboxylic acids is 1. The quantitative estimate of drug-likeness (QED) is 0.609. The molecule has 0 saturated heterocycles. The first-order chi connectivity index (χ1) is 12.6. The van der Waals surface area contributed by atoms with E-state index in [2.05, 4.69) is 41.4 Å². The number of Topliss-reactive ketones (excluding diaryl/α,β-unsaturated/α-hetero) is 1. The molecule has 138 valence electrons. The molecular formula is C22H27NO3. The Bertz CT molecular complexity index is 790. The van der Waals surface area contributed by atoms with Gasteiger partial charge in [-0.2, -0.15) is 0 Å². The number of carbonyl (C=O) groups is 2. The number of benzene rings is 1. The zero-order chi connectivity index (χ0) is 18.4. The lowest BCUT2D eigenvalue weighted by Gasteiger charge is -2.14. The normalized spacial score (nSPS) is 20.4. The smallest absolute Gasteiger partial charge is 0.303 e. The van der Waals surface area contributed by atoms with Crippen LogP contribution in [0, 0.1) is 11.8 Å². The van der Waals surface area contributed by atoms with Crippen LogP contribution in [0.5, 0.6) is 0 Å². The molecule has 2 atom stereocenters. The molecule has 2 N–H and O–H groups in total. The number of ketones is 1. The van der Waals surface area contributed by atoms with Crippen LogP contribution in [0.15, 0.2) is 36.5 Å². The molecule has 0 amide bonds. The Morgan fingerprint density at radius 1 is 1.19 bits per heavy atom. The second-order valence-electron chi connectivity index (χ2n) is 7.31. The first kappa shape index (κ1) is 18.4. The van der Waals surface area contributed by atoms with Crippen molar-refractivity contribution in [3.8, 4) is 0 Å². The second kappa shape index (κ2) is 8.84. The van der Waals surface area contributed by atoms with Gasteiger partial charge in [-0.25, -0.2) is 0 Å². The minimum absolute atomic E-state index is 0.140. The van der Waals surface area contributed by atoms with Gasteiger partial charge in [0, 0.05) is 30.5 Å². The van der Waals surface area contributed by atoms with Crippen molar-refractivity contribution in [2.45, 2.75) is 51.4 Å². The number of hydrogen-bond donors (Lipinski definition) is 2. The summed E-state index contributed by atoms with van der Waals surface area (Å²) in [5, 5.41) is 9.86. The average molecular weight is 353 g/mol. The lowest BCUT2D eigenvalue weighted by molar-refractivity contribution is -0.137. The summed E-state index contributed by atoms with van der Waals surface area (Å²) in [4.78, 5) is 25.9. The van der Waals surface area contributed by atoms with Crippen LogP contribution in [0.4, 0.5) is 0 Å². The molecule has 0 aliphatic heterocycles. The molecule has 4 nitrogen and oxygen atoms in total. The van der Waals surface area contributed by atoms with E-state index in [0.29, 0.717) is 18.1 Å². The largest absolute Gasteiger partial charge is 0.481 e. The summed E-state index contributed by atoms with van der Waals surface area (Å²) >= 11 is 0. The molecule has 1 aliphatic rings. The topological polar surface area (TPSA) is 70.2 Å². The first-order valence-corrected chi connectivity index (χ1v) is 9.63. The Labute approximate surface area is 154 Å². The van der Waals surface area contributed by atoms with Crippen LogP contribution in [0.3, 0.4) is 0 Å². The van der Waals surface area contributed by atoms with Crippen molar-refractivity contribution in [3.63, 3.8) is 0 Å². The zero-order valence-corrected chi connectivity index (χ0v) is 15.1. The van der Waals surface area contributed by atoms with E-state index in [1.54, 1.807) is 0 Å². The number of hydrogen-bond acceptors (Lipinski definition) is 2. The van der Waals surface area contributed by atoms with Crippen LogP contribution in [-0.2, 0) is 9.59 Å². The predicted molar refractivity (Wildman–Crippen MR) is 104 cm³/mol. The number of H-pyrrole nitrogens is 1. The third-order valence-corrected chi connectivity index (χ3v) is 5.42. The van der Waals surface area contributed by atoms with E-state index >= 15 is 0 Å². The maximum Gasteiger partial charge on any atom is 0.303 e. The Morgan fingerprint density at radius 3 is 2.88 bits per heavy atom. The number of carboxylic acid groups (broad SMARTS) is 1. The van der Waals surface area contributed by atoms with Gasteiger partial charge in [0.1, 0.15) is 5.78 Å². The van der Waals surface area contributed by atoms with Crippen LogP contribution < -0.4 is 0 Å². The number of aromatic nitrogens is 1. The van der Waals surface area contributed by atoms with Gasteiger partial charge in [0.15, 0.2) is 0 Å². The minimum atomic E-state index is -0.723. The van der Waals surface area contributed by atoms with Gasteiger partial charge in [-0.15, -0.1) is 0 Å². The number of fused-ring (bicyclic) bond motifs is 1. The molecule has 4 heteroatoms. The van der Waals surface area contributed by atoms with E-state index in [1.807, 2.05) is 6.20 Å². The molecule has 1 aromatic heterocycles. The van der Waals surface area contributed by atoms with Crippen molar-refractivity contribution in [3.05, 3.63) is 42.1 Å².